The quantitative estimate of drug-likeness (QED) is 0.441. The Morgan fingerprint density at radius 3 is 2.17 bits per heavy atom. The van der Waals surface area contributed by atoms with Crippen LogP contribution < -0.4 is 5.73 Å². The molecular formula is C17H14N3O3S-. The van der Waals surface area contributed by atoms with Crippen molar-refractivity contribution in [1.29, 1.82) is 0 Å². The van der Waals surface area contributed by atoms with Gasteiger partial charge in [-0.25, -0.2) is 8.42 Å². The van der Waals surface area contributed by atoms with Crippen LogP contribution in [-0.4, -0.2) is 13.0 Å². The molecule has 0 heterocycles. The first-order valence-corrected chi connectivity index (χ1v) is 8.53. The normalized spacial score (nSPS) is 12.1. The molecule has 2 N–H and O–H groups in total. The predicted octanol–water partition coefficient (Wildman–Crippen LogP) is 4.05. The zero-order valence-electron chi connectivity index (χ0n) is 12.8. The molecule has 0 unspecified atom stereocenters. The minimum atomic E-state index is -4.67. The van der Waals surface area contributed by atoms with Crippen molar-refractivity contribution in [2.45, 2.75) is 11.8 Å². The van der Waals surface area contributed by atoms with Gasteiger partial charge in [-0.3, -0.25) is 0 Å². The van der Waals surface area contributed by atoms with Crippen molar-refractivity contribution in [3.05, 3.63) is 60.2 Å². The summed E-state index contributed by atoms with van der Waals surface area (Å²) in [5.74, 6) is 0. The van der Waals surface area contributed by atoms with Crippen LogP contribution in [0.4, 0.5) is 17.1 Å². The number of rotatable bonds is 3. The second kappa shape index (κ2) is 6.03. The number of nitrogens with two attached hydrogens (primary N) is 1. The van der Waals surface area contributed by atoms with E-state index in [-0.39, 0.29) is 21.7 Å². The molecule has 3 rings (SSSR count). The highest BCUT2D eigenvalue weighted by Gasteiger charge is 2.13. The molecule has 0 aromatic heterocycles. The smallest absolute Gasteiger partial charge is 0.125 e. The molecule has 0 aliphatic heterocycles. The van der Waals surface area contributed by atoms with Crippen LogP contribution in [0.5, 0.6) is 0 Å². The molecular weight excluding hydrogens is 326 g/mol. The molecule has 0 saturated heterocycles. The van der Waals surface area contributed by atoms with Crippen molar-refractivity contribution >= 4 is 38.0 Å². The maximum absolute atomic E-state index is 11.6. The summed E-state index contributed by atoms with van der Waals surface area (Å²) >= 11 is 0. The van der Waals surface area contributed by atoms with E-state index in [1.165, 1.54) is 6.07 Å². The van der Waals surface area contributed by atoms with Crippen LogP contribution in [-0.2, 0) is 10.1 Å². The summed E-state index contributed by atoms with van der Waals surface area (Å²) in [7, 11) is -4.67. The van der Waals surface area contributed by atoms with Crippen LogP contribution >= 0.6 is 0 Å². The third kappa shape index (κ3) is 2.99. The largest absolute Gasteiger partial charge is 0.744 e. The van der Waals surface area contributed by atoms with E-state index in [2.05, 4.69) is 10.2 Å². The van der Waals surface area contributed by atoms with Gasteiger partial charge >= 0.3 is 0 Å². The number of hydrogen-bond donors (Lipinski definition) is 1. The standard InChI is InChI=1S/C17H15N3O3S/c1-11-6-2-5-9-14(11)19-20-15-10-16(24(21,22)23)12-7-3-4-8-13(12)17(15)18/h2-10H,18H2,1H3,(H,21,22,23)/p-1. The summed E-state index contributed by atoms with van der Waals surface area (Å²) in [6.45, 7) is 1.88. The van der Waals surface area contributed by atoms with Crippen molar-refractivity contribution in [3.8, 4) is 0 Å². The van der Waals surface area contributed by atoms with E-state index in [4.69, 9.17) is 5.73 Å². The highest BCUT2D eigenvalue weighted by atomic mass is 32.2. The van der Waals surface area contributed by atoms with E-state index in [0.29, 0.717) is 11.1 Å². The molecule has 3 aromatic rings. The summed E-state index contributed by atoms with van der Waals surface area (Å²) < 4.78 is 34.7. The van der Waals surface area contributed by atoms with Crippen LogP contribution in [0.2, 0.25) is 0 Å². The number of azo groups is 1. The van der Waals surface area contributed by atoms with Gasteiger partial charge in [0, 0.05) is 10.8 Å². The minimum absolute atomic E-state index is 0.145. The van der Waals surface area contributed by atoms with Crippen molar-refractivity contribution in [2.24, 2.45) is 10.2 Å². The molecule has 6 nitrogen and oxygen atoms in total. The SMILES string of the molecule is Cc1ccccc1N=Nc1cc(S(=O)(=O)[O-])c2ccccc2c1N. The molecule has 3 aromatic carbocycles. The summed E-state index contributed by atoms with van der Waals surface area (Å²) in [6.07, 6.45) is 0. The monoisotopic (exact) mass is 340 g/mol. The van der Waals surface area contributed by atoms with E-state index >= 15 is 0 Å². The summed E-state index contributed by atoms with van der Waals surface area (Å²) in [6, 6.07) is 15.1. The van der Waals surface area contributed by atoms with E-state index in [9.17, 15) is 13.0 Å². The van der Waals surface area contributed by atoms with Crippen molar-refractivity contribution in [3.63, 3.8) is 0 Å². The lowest BCUT2D eigenvalue weighted by molar-refractivity contribution is 0.464. The van der Waals surface area contributed by atoms with E-state index in [1.807, 2.05) is 25.1 Å². The van der Waals surface area contributed by atoms with Crippen LogP contribution in [0.25, 0.3) is 10.8 Å². The Morgan fingerprint density at radius 1 is 0.917 bits per heavy atom. The summed E-state index contributed by atoms with van der Waals surface area (Å²) in [5.41, 5.74) is 8.05. The average Bonchev–Trinajstić information content (AvgIpc) is 2.54. The van der Waals surface area contributed by atoms with Gasteiger partial charge in [0.1, 0.15) is 15.8 Å². The van der Waals surface area contributed by atoms with Gasteiger partial charge in [-0.2, -0.15) is 5.11 Å². The molecule has 0 amide bonds. The molecule has 0 aliphatic rings. The Morgan fingerprint density at radius 2 is 1.50 bits per heavy atom. The van der Waals surface area contributed by atoms with E-state index in [0.717, 1.165) is 5.56 Å². The number of anilines is 1. The van der Waals surface area contributed by atoms with E-state index in [1.54, 1.807) is 30.3 Å². The van der Waals surface area contributed by atoms with Crippen LogP contribution in [0.3, 0.4) is 0 Å². The van der Waals surface area contributed by atoms with Crippen molar-refractivity contribution in [1.82, 2.24) is 0 Å². The number of hydrogen-bond acceptors (Lipinski definition) is 6. The lowest BCUT2D eigenvalue weighted by Crippen LogP contribution is -2.01. The summed E-state index contributed by atoms with van der Waals surface area (Å²) in [4.78, 5) is -0.356. The molecule has 0 fully saturated rings. The lowest BCUT2D eigenvalue weighted by atomic mass is 10.1. The van der Waals surface area contributed by atoms with Gasteiger partial charge in [0.25, 0.3) is 0 Å². The number of nitrogens with zero attached hydrogens (tertiary/aromatic N) is 2. The first-order chi connectivity index (χ1) is 11.4. The van der Waals surface area contributed by atoms with Gasteiger partial charge < -0.3 is 10.3 Å². The Kier molecular flexibility index (Phi) is 4.04. The zero-order chi connectivity index (χ0) is 17.3. The van der Waals surface area contributed by atoms with Crippen molar-refractivity contribution in [2.75, 3.05) is 5.73 Å². The molecule has 0 bridgehead atoms. The number of nitrogen functional groups attached to an aromatic ring is 1. The topological polar surface area (TPSA) is 108 Å². The second-order valence-electron chi connectivity index (χ2n) is 5.29. The Bertz CT molecular complexity index is 1060. The Balaban J connectivity index is 2.22. The van der Waals surface area contributed by atoms with Gasteiger partial charge in [-0.1, -0.05) is 42.5 Å². The Labute approximate surface area is 139 Å². The third-order valence-corrected chi connectivity index (χ3v) is 4.55. The first-order valence-electron chi connectivity index (χ1n) is 7.12. The Hall–Kier alpha value is -2.77. The zero-order valence-corrected chi connectivity index (χ0v) is 13.6. The fourth-order valence-electron chi connectivity index (χ4n) is 2.42. The average molecular weight is 340 g/mol. The fourth-order valence-corrected chi connectivity index (χ4v) is 3.13. The summed E-state index contributed by atoms with van der Waals surface area (Å²) in [5, 5.41) is 8.90. The second-order valence-corrected chi connectivity index (χ2v) is 6.64. The number of fused-ring (bicyclic) bond motifs is 1. The molecule has 0 atom stereocenters. The highest BCUT2D eigenvalue weighted by Crippen LogP contribution is 2.36. The lowest BCUT2D eigenvalue weighted by Gasteiger charge is -2.13. The van der Waals surface area contributed by atoms with Crippen LogP contribution in [0.1, 0.15) is 5.56 Å². The van der Waals surface area contributed by atoms with Gasteiger partial charge in [-0.05, 0) is 24.6 Å². The molecule has 0 aliphatic carbocycles. The maximum atomic E-state index is 11.6. The van der Waals surface area contributed by atoms with Gasteiger partial charge in [0.05, 0.1) is 16.3 Å². The van der Waals surface area contributed by atoms with Gasteiger partial charge in [0.15, 0.2) is 0 Å². The molecule has 7 heteroatoms. The number of aryl methyl sites for hydroxylation is 1. The van der Waals surface area contributed by atoms with E-state index < -0.39 is 10.1 Å². The number of benzene rings is 3. The highest BCUT2D eigenvalue weighted by molar-refractivity contribution is 7.86. The maximum Gasteiger partial charge on any atom is 0.125 e. The van der Waals surface area contributed by atoms with Crippen LogP contribution in [0, 0.1) is 6.92 Å². The molecule has 0 radical (unpaired) electrons. The molecule has 0 saturated carbocycles. The van der Waals surface area contributed by atoms with Crippen molar-refractivity contribution < 1.29 is 13.0 Å². The third-order valence-electron chi connectivity index (χ3n) is 3.68. The van der Waals surface area contributed by atoms with Gasteiger partial charge in [-0.15, -0.1) is 5.11 Å². The van der Waals surface area contributed by atoms with Gasteiger partial charge in [0.2, 0.25) is 0 Å². The molecule has 0 spiro atoms. The predicted molar refractivity (Wildman–Crippen MR) is 91.7 cm³/mol. The molecule has 24 heavy (non-hydrogen) atoms. The first kappa shape index (κ1) is 16.1. The fraction of sp³-hybridized carbons (Fsp3) is 0.0588. The minimum Gasteiger partial charge on any atom is -0.744 e. The van der Waals surface area contributed by atoms with Crippen LogP contribution in [0.15, 0.2) is 69.7 Å². The molecule has 122 valence electrons.